The molecule has 4 aliphatic heterocycles. The van der Waals surface area contributed by atoms with Gasteiger partial charge in [0.2, 0.25) is 5.91 Å². The minimum absolute atomic E-state index is 0.0711. The maximum Gasteiger partial charge on any atom is 0.243 e. The molecule has 5 rings (SSSR count). The van der Waals surface area contributed by atoms with Gasteiger partial charge in [0.05, 0.1) is 13.1 Å². The van der Waals surface area contributed by atoms with Crippen molar-refractivity contribution in [1.82, 2.24) is 5.01 Å². The van der Waals surface area contributed by atoms with Gasteiger partial charge in [-0.15, -0.1) is 0 Å². The Balaban J connectivity index is 1.72. The Hall–Kier alpha value is -1.88. The molecule has 24 heavy (non-hydrogen) atoms. The molecule has 1 N–H and O–H groups in total. The number of fused-ring (bicyclic) bond motifs is 2. The highest BCUT2D eigenvalue weighted by Gasteiger charge is 2.54. The van der Waals surface area contributed by atoms with E-state index in [1.807, 2.05) is 6.92 Å². The molecule has 128 valence electrons. The smallest absolute Gasteiger partial charge is 0.243 e. The largest absolute Gasteiger partial charge is 0.378 e. The quantitative estimate of drug-likeness (QED) is 0.902. The van der Waals surface area contributed by atoms with Gasteiger partial charge in [0.1, 0.15) is 11.8 Å². The van der Waals surface area contributed by atoms with E-state index in [2.05, 4.69) is 43.3 Å². The molecular formula is C19H27N4O+. The van der Waals surface area contributed by atoms with Gasteiger partial charge in [-0.1, -0.05) is 19.1 Å². The van der Waals surface area contributed by atoms with Crippen LogP contribution in [0, 0.1) is 5.92 Å². The lowest BCUT2D eigenvalue weighted by atomic mass is 9.78. The average molecular weight is 327 g/mol. The summed E-state index contributed by atoms with van der Waals surface area (Å²) in [5.74, 6) is 0.726. The molecule has 0 aromatic heterocycles. The summed E-state index contributed by atoms with van der Waals surface area (Å²) in [7, 11) is 4.10. The lowest BCUT2D eigenvalue weighted by Crippen LogP contribution is -3.20. The van der Waals surface area contributed by atoms with Gasteiger partial charge in [0.15, 0.2) is 6.04 Å². The van der Waals surface area contributed by atoms with Crippen LogP contribution in [0.15, 0.2) is 29.4 Å². The highest BCUT2D eigenvalue weighted by atomic mass is 16.2. The third-order valence-electron chi connectivity index (χ3n) is 5.92. The summed E-state index contributed by atoms with van der Waals surface area (Å²) in [4.78, 5) is 16.3. The number of rotatable bonds is 3. The molecule has 5 heteroatoms. The molecule has 2 bridgehead atoms. The molecule has 2 atom stereocenters. The fraction of sp³-hybridized carbons (Fsp3) is 0.579. The fourth-order valence-corrected chi connectivity index (χ4v) is 4.59. The number of quaternary nitrogens is 1. The van der Waals surface area contributed by atoms with Gasteiger partial charge in [-0.3, -0.25) is 4.79 Å². The summed E-state index contributed by atoms with van der Waals surface area (Å²) < 4.78 is 0. The van der Waals surface area contributed by atoms with E-state index in [0.717, 1.165) is 0 Å². The van der Waals surface area contributed by atoms with E-state index in [0.29, 0.717) is 18.4 Å². The van der Waals surface area contributed by atoms with Gasteiger partial charge in [-0.05, 0) is 17.7 Å². The SMILES string of the molecule is CCC(=O)N1N=C2C3CC[NH+](CC3)[C@@H]2[C@H]1c1ccc(N(C)C)cc1. The molecule has 3 saturated heterocycles. The molecule has 0 saturated carbocycles. The number of hydrogen-bond acceptors (Lipinski definition) is 3. The Kier molecular flexibility index (Phi) is 3.83. The summed E-state index contributed by atoms with van der Waals surface area (Å²) >= 11 is 0. The van der Waals surface area contributed by atoms with E-state index < -0.39 is 0 Å². The molecule has 4 aliphatic rings. The maximum absolute atomic E-state index is 12.6. The third kappa shape index (κ3) is 2.34. The first-order chi connectivity index (χ1) is 11.6. The molecule has 4 heterocycles. The minimum Gasteiger partial charge on any atom is -0.378 e. The van der Waals surface area contributed by atoms with Crippen LogP contribution in [0.25, 0.3) is 0 Å². The first kappa shape index (κ1) is 15.6. The number of piperidine rings is 3. The van der Waals surface area contributed by atoms with Gasteiger partial charge in [-0.2, -0.15) is 5.10 Å². The van der Waals surface area contributed by atoms with Crippen LogP contribution in [0.3, 0.4) is 0 Å². The number of carbonyl (C=O) groups is 1. The topological polar surface area (TPSA) is 40.4 Å². The van der Waals surface area contributed by atoms with Crippen LogP contribution in [-0.2, 0) is 4.79 Å². The Morgan fingerprint density at radius 3 is 2.50 bits per heavy atom. The number of nitrogens with zero attached hydrogens (tertiary/aromatic N) is 3. The average Bonchev–Trinajstić information content (AvgIpc) is 3.04. The van der Waals surface area contributed by atoms with E-state index in [4.69, 9.17) is 5.10 Å². The number of benzene rings is 1. The Bertz CT molecular complexity index is 658. The van der Waals surface area contributed by atoms with Crippen LogP contribution < -0.4 is 9.80 Å². The second kappa shape index (κ2) is 5.88. The highest BCUT2D eigenvalue weighted by Crippen LogP contribution is 2.37. The Labute approximate surface area is 143 Å². The molecule has 1 aromatic carbocycles. The second-order valence-corrected chi connectivity index (χ2v) is 7.46. The van der Waals surface area contributed by atoms with Crippen LogP contribution >= 0.6 is 0 Å². The number of hydrogen-bond donors (Lipinski definition) is 1. The van der Waals surface area contributed by atoms with E-state index in [1.165, 1.54) is 42.9 Å². The van der Waals surface area contributed by atoms with Gasteiger partial charge in [-0.25, -0.2) is 5.01 Å². The van der Waals surface area contributed by atoms with Crippen LogP contribution in [0.2, 0.25) is 0 Å². The Morgan fingerprint density at radius 2 is 1.92 bits per heavy atom. The molecule has 5 nitrogen and oxygen atoms in total. The summed E-state index contributed by atoms with van der Waals surface area (Å²) in [6.45, 7) is 4.36. The molecular weight excluding hydrogens is 300 g/mol. The number of nitrogens with one attached hydrogen (secondary N) is 1. The zero-order chi connectivity index (χ0) is 16.8. The summed E-state index contributed by atoms with van der Waals surface area (Å²) in [5.41, 5.74) is 3.68. The fourth-order valence-electron chi connectivity index (χ4n) is 4.59. The normalized spacial score (nSPS) is 31.0. The van der Waals surface area contributed by atoms with Gasteiger partial charge < -0.3 is 9.80 Å². The van der Waals surface area contributed by atoms with Crippen LogP contribution in [0.5, 0.6) is 0 Å². The number of anilines is 1. The number of carbonyl (C=O) groups excluding carboxylic acids is 1. The highest BCUT2D eigenvalue weighted by molar-refractivity contribution is 5.96. The molecule has 0 unspecified atom stereocenters. The van der Waals surface area contributed by atoms with Crippen molar-refractivity contribution in [3.05, 3.63) is 29.8 Å². The summed E-state index contributed by atoms with van der Waals surface area (Å²) in [5, 5.41) is 6.65. The monoisotopic (exact) mass is 327 g/mol. The third-order valence-corrected chi connectivity index (χ3v) is 5.92. The van der Waals surface area contributed by atoms with Crippen molar-refractivity contribution in [3.8, 4) is 0 Å². The molecule has 0 spiro atoms. The van der Waals surface area contributed by atoms with Gasteiger partial charge in [0.25, 0.3) is 0 Å². The lowest BCUT2D eigenvalue weighted by Gasteiger charge is -2.42. The molecule has 1 amide bonds. The van der Waals surface area contributed by atoms with Gasteiger partial charge >= 0.3 is 0 Å². The zero-order valence-corrected chi connectivity index (χ0v) is 14.8. The standard InChI is InChI=1S/C19H26N4O/c1-4-16(24)23-18(14-5-7-15(8-6-14)21(2)3)19-17(20-23)13-9-11-22(19)12-10-13/h5-8,13,18-19H,4,9-12H2,1-3H3/p+1/t18-,19+/m1/s1. The number of hydrazone groups is 1. The van der Waals surface area contributed by atoms with Crippen LogP contribution in [0.1, 0.15) is 37.8 Å². The molecule has 1 aromatic rings. The van der Waals surface area contributed by atoms with Gasteiger partial charge in [0, 0.05) is 45.0 Å². The minimum atomic E-state index is 0.0711. The summed E-state index contributed by atoms with van der Waals surface area (Å²) in [6, 6.07) is 9.08. The van der Waals surface area contributed by atoms with E-state index in [9.17, 15) is 4.79 Å². The van der Waals surface area contributed by atoms with Crippen molar-refractivity contribution < 1.29 is 9.69 Å². The van der Waals surface area contributed by atoms with E-state index in [1.54, 1.807) is 9.91 Å². The zero-order valence-electron chi connectivity index (χ0n) is 14.8. The number of amides is 1. The first-order valence-corrected chi connectivity index (χ1v) is 9.12. The molecule has 0 aliphatic carbocycles. The predicted octanol–water partition coefficient (Wildman–Crippen LogP) is 1.08. The van der Waals surface area contributed by atoms with Crippen molar-refractivity contribution in [2.45, 2.75) is 38.3 Å². The Morgan fingerprint density at radius 1 is 1.25 bits per heavy atom. The van der Waals surface area contributed by atoms with Crippen LogP contribution in [0.4, 0.5) is 5.69 Å². The van der Waals surface area contributed by atoms with E-state index in [-0.39, 0.29) is 11.9 Å². The maximum atomic E-state index is 12.6. The van der Waals surface area contributed by atoms with E-state index >= 15 is 0 Å². The summed E-state index contributed by atoms with van der Waals surface area (Å²) in [6.07, 6.45) is 2.96. The van der Waals surface area contributed by atoms with Crippen molar-refractivity contribution in [2.24, 2.45) is 11.0 Å². The first-order valence-electron chi connectivity index (χ1n) is 9.12. The van der Waals surface area contributed by atoms with Crippen LogP contribution in [-0.4, -0.2) is 49.9 Å². The molecule has 3 fully saturated rings. The lowest BCUT2D eigenvalue weighted by molar-refractivity contribution is -0.927. The second-order valence-electron chi connectivity index (χ2n) is 7.46. The van der Waals surface area contributed by atoms with Crippen molar-refractivity contribution in [3.63, 3.8) is 0 Å². The predicted molar refractivity (Wildman–Crippen MR) is 95.3 cm³/mol. The van der Waals surface area contributed by atoms with Crippen molar-refractivity contribution >= 4 is 17.3 Å². The molecule has 0 radical (unpaired) electrons. The van der Waals surface area contributed by atoms with Crippen molar-refractivity contribution in [2.75, 3.05) is 32.1 Å². The van der Waals surface area contributed by atoms with Crippen molar-refractivity contribution in [1.29, 1.82) is 0 Å².